The van der Waals surface area contributed by atoms with Crippen LogP contribution in [0.4, 0.5) is 0 Å². The minimum absolute atomic E-state index is 0.00586. The van der Waals surface area contributed by atoms with Gasteiger partial charge in [0.05, 0.1) is 18.1 Å². The lowest BCUT2D eigenvalue weighted by Gasteiger charge is -2.36. The van der Waals surface area contributed by atoms with E-state index in [9.17, 15) is 13.2 Å². The second kappa shape index (κ2) is 4.91. The number of hydrogen-bond acceptors (Lipinski definition) is 5. The molecule has 2 heterocycles. The van der Waals surface area contributed by atoms with Gasteiger partial charge in [0.2, 0.25) is 5.91 Å². The Bertz CT molecular complexity index is 396. The van der Waals surface area contributed by atoms with Crippen molar-refractivity contribution < 1.29 is 13.2 Å². The monoisotopic (exact) mass is 261 g/mol. The predicted octanol–water partition coefficient (Wildman–Crippen LogP) is -1.68. The SMILES string of the molecule is NCCC1CN(C2CCS(=O)(=O)C2)CC(=O)N1. The van der Waals surface area contributed by atoms with E-state index in [4.69, 9.17) is 5.73 Å². The predicted molar refractivity (Wildman–Crippen MR) is 64.2 cm³/mol. The first-order chi connectivity index (χ1) is 8.00. The Morgan fingerprint density at radius 1 is 1.47 bits per heavy atom. The highest BCUT2D eigenvalue weighted by Crippen LogP contribution is 2.19. The van der Waals surface area contributed by atoms with Crippen LogP contribution in [0.15, 0.2) is 0 Å². The standard InChI is InChI=1S/C10H19N3O3S/c11-3-1-8-5-13(6-10(14)12-8)9-2-4-17(15,16)7-9/h8-9H,1-7,11H2,(H,12,14). The first kappa shape index (κ1) is 12.8. The molecule has 0 aliphatic carbocycles. The van der Waals surface area contributed by atoms with Crippen molar-refractivity contribution in [1.82, 2.24) is 10.2 Å². The second-order valence-electron chi connectivity index (χ2n) is 4.83. The zero-order valence-electron chi connectivity index (χ0n) is 9.76. The van der Waals surface area contributed by atoms with Gasteiger partial charge < -0.3 is 11.1 Å². The lowest BCUT2D eigenvalue weighted by atomic mass is 10.1. The van der Waals surface area contributed by atoms with Crippen LogP contribution in [-0.4, -0.2) is 62.4 Å². The Morgan fingerprint density at radius 2 is 2.24 bits per heavy atom. The number of nitrogens with zero attached hydrogens (tertiary/aromatic N) is 1. The van der Waals surface area contributed by atoms with Crippen LogP contribution in [0.5, 0.6) is 0 Å². The highest BCUT2D eigenvalue weighted by Gasteiger charge is 2.36. The van der Waals surface area contributed by atoms with Crippen molar-refractivity contribution >= 4 is 15.7 Å². The van der Waals surface area contributed by atoms with Crippen molar-refractivity contribution in [2.75, 3.05) is 31.1 Å². The molecule has 2 aliphatic heterocycles. The van der Waals surface area contributed by atoms with E-state index < -0.39 is 9.84 Å². The summed E-state index contributed by atoms with van der Waals surface area (Å²) in [6.07, 6.45) is 1.38. The minimum Gasteiger partial charge on any atom is -0.351 e. The van der Waals surface area contributed by atoms with Crippen molar-refractivity contribution in [2.24, 2.45) is 5.73 Å². The molecule has 0 saturated carbocycles. The van der Waals surface area contributed by atoms with Crippen LogP contribution in [0.2, 0.25) is 0 Å². The molecule has 17 heavy (non-hydrogen) atoms. The van der Waals surface area contributed by atoms with E-state index in [1.54, 1.807) is 0 Å². The fourth-order valence-electron chi connectivity index (χ4n) is 2.56. The highest BCUT2D eigenvalue weighted by atomic mass is 32.2. The Morgan fingerprint density at radius 3 is 2.82 bits per heavy atom. The fraction of sp³-hybridized carbons (Fsp3) is 0.900. The number of carbonyl (C=O) groups is 1. The lowest BCUT2D eigenvalue weighted by molar-refractivity contribution is -0.126. The van der Waals surface area contributed by atoms with Gasteiger partial charge in [-0.25, -0.2) is 8.42 Å². The van der Waals surface area contributed by atoms with Gasteiger partial charge in [-0.1, -0.05) is 0 Å². The zero-order chi connectivity index (χ0) is 12.5. The largest absolute Gasteiger partial charge is 0.351 e. The Labute approximate surface area is 101 Å². The molecule has 2 aliphatic rings. The maximum Gasteiger partial charge on any atom is 0.234 e. The van der Waals surface area contributed by atoms with Crippen molar-refractivity contribution in [2.45, 2.75) is 24.9 Å². The summed E-state index contributed by atoms with van der Waals surface area (Å²) in [5, 5.41) is 2.88. The molecule has 2 fully saturated rings. The summed E-state index contributed by atoms with van der Waals surface area (Å²) in [4.78, 5) is 13.5. The molecule has 0 aromatic carbocycles. The normalized spacial score (nSPS) is 33.6. The molecule has 0 radical (unpaired) electrons. The van der Waals surface area contributed by atoms with E-state index in [-0.39, 0.29) is 29.5 Å². The van der Waals surface area contributed by atoms with Crippen molar-refractivity contribution in [3.05, 3.63) is 0 Å². The molecular formula is C10H19N3O3S. The average molecular weight is 261 g/mol. The van der Waals surface area contributed by atoms with E-state index >= 15 is 0 Å². The van der Waals surface area contributed by atoms with Crippen LogP contribution in [0, 0.1) is 0 Å². The van der Waals surface area contributed by atoms with E-state index in [0.717, 1.165) is 6.42 Å². The molecule has 0 aromatic heterocycles. The summed E-state index contributed by atoms with van der Waals surface area (Å²) < 4.78 is 22.9. The van der Waals surface area contributed by atoms with Gasteiger partial charge in [0.1, 0.15) is 0 Å². The molecule has 7 heteroatoms. The minimum atomic E-state index is -2.89. The van der Waals surface area contributed by atoms with E-state index in [1.165, 1.54) is 0 Å². The number of piperazine rings is 1. The van der Waals surface area contributed by atoms with Crippen LogP contribution < -0.4 is 11.1 Å². The summed E-state index contributed by atoms with van der Waals surface area (Å²) in [5.41, 5.74) is 5.48. The number of nitrogens with one attached hydrogen (secondary N) is 1. The quantitative estimate of drug-likeness (QED) is 0.633. The van der Waals surface area contributed by atoms with Gasteiger partial charge in [-0.2, -0.15) is 0 Å². The summed E-state index contributed by atoms with van der Waals surface area (Å²) in [6, 6.07) is 0.0656. The Hall–Kier alpha value is -0.660. The number of rotatable bonds is 3. The Kier molecular flexibility index (Phi) is 3.70. The lowest BCUT2D eigenvalue weighted by Crippen LogP contribution is -2.57. The van der Waals surface area contributed by atoms with E-state index in [2.05, 4.69) is 5.32 Å². The van der Waals surface area contributed by atoms with Gasteiger partial charge in [0.25, 0.3) is 0 Å². The molecule has 98 valence electrons. The molecule has 3 N–H and O–H groups in total. The maximum atomic E-state index is 11.5. The topological polar surface area (TPSA) is 92.5 Å². The molecule has 2 rings (SSSR count). The maximum absolute atomic E-state index is 11.5. The highest BCUT2D eigenvalue weighted by molar-refractivity contribution is 7.91. The van der Waals surface area contributed by atoms with Crippen LogP contribution in [0.1, 0.15) is 12.8 Å². The summed E-state index contributed by atoms with van der Waals surface area (Å²) in [7, 11) is -2.89. The Balaban J connectivity index is 1.99. The smallest absolute Gasteiger partial charge is 0.234 e. The number of hydrogen-bond donors (Lipinski definition) is 2. The van der Waals surface area contributed by atoms with Crippen LogP contribution >= 0.6 is 0 Å². The molecular weight excluding hydrogens is 242 g/mol. The number of amides is 1. The fourth-order valence-corrected chi connectivity index (χ4v) is 4.32. The van der Waals surface area contributed by atoms with Crippen LogP contribution in [0.25, 0.3) is 0 Å². The van der Waals surface area contributed by atoms with Crippen molar-refractivity contribution in [3.63, 3.8) is 0 Å². The first-order valence-corrected chi connectivity index (χ1v) is 7.76. The van der Waals surface area contributed by atoms with Gasteiger partial charge in [-0.3, -0.25) is 9.69 Å². The number of sulfone groups is 1. The molecule has 2 saturated heterocycles. The van der Waals surface area contributed by atoms with Crippen molar-refractivity contribution in [3.8, 4) is 0 Å². The van der Waals surface area contributed by atoms with Gasteiger partial charge in [-0.05, 0) is 19.4 Å². The third kappa shape index (κ3) is 3.17. The average Bonchev–Trinajstić information content (AvgIpc) is 2.58. The summed E-state index contributed by atoms with van der Waals surface area (Å²) in [5.74, 6) is 0.409. The third-order valence-electron chi connectivity index (χ3n) is 3.41. The van der Waals surface area contributed by atoms with Crippen LogP contribution in [-0.2, 0) is 14.6 Å². The summed E-state index contributed by atoms with van der Waals surface area (Å²) >= 11 is 0. The van der Waals surface area contributed by atoms with Gasteiger partial charge >= 0.3 is 0 Å². The van der Waals surface area contributed by atoms with Gasteiger partial charge in [0.15, 0.2) is 9.84 Å². The molecule has 0 aromatic rings. The molecule has 0 spiro atoms. The van der Waals surface area contributed by atoms with Gasteiger partial charge in [-0.15, -0.1) is 0 Å². The van der Waals surface area contributed by atoms with Crippen LogP contribution in [0.3, 0.4) is 0 Å². The van der Waals surface area contributed by atoms with Gasteiger partial charge in [0, 0.05) is 18.6 Å². The molecule has 6 nitrogen and oxygen atoms in total. The molecule has 2 unspecified atom stereocenters. The summed E-state index contributed by atoms with van der Waals surface area (Å²) in [6.45, 7) is 1.55. The molecule has 1 amide bonds. The van der Waals surface area contributed by atoms with Crippen molar-refractivity contribution in [1.29, 1.82) is 0 Å². The number of nitrogens with two attached hydrogens (primary N) is 1. The molecule has 0 bridgehead atoms. The van der Waals surface area contributed by atoms with E-state index in [1.807, 2.05) is 4.90 Å². The number of carbonyl (C=O) groups excluding carboxylic acids is 1. The zero-order valence-corrected chi connectivity index (χ0v) is 10.6. The second-order valence-corrected chi connectivity index (χ2v) is 7.06. The third-order valence-corrected chi connectivity index (χ3v) is 5.16. The first-order valence-electron chi connectivity index (χ1n) is 5.94. The molecule has 2 atom stereocenters. The van der Waals surface area contributed by atoms with E-state index in [0.29, 0.717) is 26.1 Å².